The smallest absolute Gasteiger partial charge is 0.160 e. The van der Waals surface area contributed by atoms with Crippen molar-refractivity contribution in [2.75, 3.05) is 0 Å². The van der Waals surface area contributed by atoms with Crippen molar-refractivity contribution in [3.8, 4) is 45.2 Å². The first-order valence-electron chi connectivity index (χ1n) is 17.8. The van der Waals surface area contributed by atoms with Gasteiger partial charge in [0.05, 0.1) is 22.6 Å². The summed E-state index contributed by atoms with van der Waals surface area (Å²) in [5, 5.41) is 10.2. The topological polar surface area (TPSA) is 51.8 Å². The van der Waals surface area contributed by atoms with Crippen molar-refractivity contribution in [1.29, 1.82) is 0 Å². The molecule has 8 aromatic carbocycles. The van der Waals surface area contributed by atoms with Crippen LogP contribution in [0.4, 0.5) is 0 Å². The van der Waals surface area contributed by atoms with E-state index in [4.69, 9.17) is 19.4 Å². The molecule has 0 atom stereocenters. The van der Waals surface area contributed by atoms with Crippen LogP contribution in [0.2, 0.25) is 0 Å². The number of hydrogen-bond acceptors (Lipinski definition) is 4. The van der Waals surface area contributed by atoms with E-state index >= 15 is 0 Å². The van der Waals surface area contributed by atoms with Crippen molar-refractivity contribution >= 4 is 65.2 Å². The summed E-state index contributed by atoms with van der Waals surface area (Å²) < 4.78 is 6.54. The average Bonchev–Trinajstić information content (AvgIpc) is 3.62. The van der Waals surface area contributed by atoms with E-state index in [9.17, 15) is 0 Å². The first kappa shape index (κ1) is 29.5. The summed E-state index contributed by atoms with van der Waals surface area (Å²) >= 11 is 0. The minimum atomic E-state index is 0.672. The van der Waals surface area contributed by atoms with Crippen molar-refractivity contribution < 1.29 is 4.42 Å². The summed E-state index contributed by atoms with van der Waals surface area (Å²) in [4.78, 5) is 15.6. The molecule has 0 saturated carbocycles. The lowest BCUT2D eigenvalue weighted by Gasteiger charge is -2.12. The molecule has 0 unspecified atom stereocenters. The number of aromatic nitrogens is 3. The quantitative estimate of drug-likeness (QED) is 0.174. The normalized spacial score (nSPS) is 11.8. The van der Waals surface area contributed by atoms with Gasteiger partial charge < -0.3 is 4.42 Å². The van der Waals surface area contributed by atoms with Gasteiger partial charge >= 0.3 is 0 Å². The molecule has 0 aliphatic heterocycles. The van der Waals surface area contributed by atoms with Crippen LogP contribution < -0.4 is 0 Å². The van der Waals surface area contributed by atoms with Crippen LogP contribution in [0.25, 0.3) is 110 Å². The molecule has 0 radical (unpaired) electrons. The standard InChI is InChI=1S/C49H29N3O/c1-3-11-34-27-36(23-17-30(34)9-1)43-29-44(37-24-18-31-10-2-4-12-35(31)28-37)52-49(51-43)33-21-19-32(20-22-33)47-41-26-25-39-38-13-6-8-16-45(38)53-48(39)46(41)40-14-5-7-15-42(40)50-47/h1-29H. The Morgan fingerprint density at radius 3 is 1.60 bits per heavy atom. The van der Waals surface area contributed by atoms with Crippen molar-refractivity contribution in [3.63, 3.8) is 0 Å². The number of pyridine rings is 1. The maximum atomic E-state index is 6.54. The Kier molecular flexibility index (Phi) is 6.52. The third kappa shape index (κ3) is 4.88. The van der Waals surface area contributed by atoms with Crippen molar-refractivity contribution in [3.05, 3.63) is 176 Å². The molecule has 246 valence electrons. The molecule has 11 aromatic rings. The lowest BCUT2D eigenvalue weighted by molar-refractivity contribution is 0.673. The fourth-order valence-electron chi connectivity index (χ4n) is 7.78. The van der Waals surface area contributed by atoms with E-state index in [1.807, 2.05) is 18.2 Å². The van der Waals surface area contributed by atoms with Gasteiger partial charge in [-0.25, -0.2) is 15.0 Å². The summed E-state index contributed by atoms with van der Waals surface area (Å²) in [5.74, 6) is 0.672. The van der Waals surface area contributed by atoms with E-state index in [1.165, 1.54) is 21.5 Å². The van der Waals surface area contributed by atoms with E-state index in [0.717, 1.165) is 82.9 Å². The zero-order chi connectivity index (χ0) is 34.9. The van der Waals surface area contributed by atoms with Crippen LogP contribution in [0, 0.1) is 0 Å². The zero-order valence-electron chi connectivity index (χ0n) is 28.5. The Morgan fingerprint density at radius 2 is 0.906 bits per heavy atom. The van der Waals surface area contributed by atoms with Crippen molar-refractivity contribution in [2.45, 2.75) is 0 Å². The minimum Gasteiger partial charge on any atom is -0.455 e. The number of furan rings is 1. The van der Waals surface area contributed by atoms with Gasteiger partial charge in [-0.1, -0.05) is 140 Å². The van der Waals surface area contributed by atoms with Crippen LogP contribution in [-0.2, 0) is 0 Å². The van der Waals surface area contributed by atoms with E-state index in [-0.39, 0.29) is 0 Å². The van der Waals surface area contributed by atoms with Crippen molar-refractivity contribution in [1.82, 2.24) is 15.0 Å². The maximum absolute atomic E-state index is 6.54. The third-order valence-electron chi connectivity index (χ3n) is 10.4. The van der Waals surface area contributed by atoms with E-state index in [2.05, 4.69) is 158 Å². The Balaban J connectivity index is 1.07. The molecule has 0 saturated heterocycles. The lowest BCUT2D eigenvalue weighted by atomic mass is 9.97. The molecule has 53 heavy (non-hydrogen) atoms. The van der Waals surface area contributed by atoms with Gasteiger partial charge in [0.15, 0.2) is 5.82 Å². The van der Waals surface area contributed by atoms with Crippen LogP contribution in [0.5, 0.6) is 0 Å². The number of fused-ring (bicyclic) bond motifs is 9. The predicted octanol–water partition coefficient (Wildman–Crippen LogP) is 13.1. The summed E-state index contributed by atoms with van der Waals surface area (Å²) in [6, 6.07) is 61.4. The molecule has 11 rings (SSSR count). The minimum absolute atomic E-state index is 0.672. The van der Waals surface area contributed by atoms with Gasteiger partial charge in [0.25, 0.3) is 0 Å². The van der Waals surface area contributed by atoms with Crippen LogP contribution in [0.15, 0.2) is 180 Å². The molecule has 4 heteroatoms. The first-order chi connectivity index (χ1) is 26.2. The molecule has 0 N–H and O–H groups in total. The fourth-order valence-corrected chi connectivity index (χ4v) is 7.78. The second kappa shape index (κ2) is 11.7. The Labute approximate surface area is 304 Å². The number of rotatable bonds is 4. The van der Waals surface area contributed by atoms with Gasteiger partial charge in [-0.15, -0.1) is 0 Å². The Morgan fingerprint density at radius 1 is 0.358 bits per heavy atom. The molecule has 0 spiro atoms. The van der Waals surface area contributed by atoms with Crippen LogP contribution in [0.1, 0.15) is 0 Å². The second-order valence-electron chi connectivity index (χ2n) is 13.6. The monoisotopic (exact) mass is 675 g/mol. The van der Waals surface area contributed by atoms with Gasteiger partial charge in [0.1, 0.15) is 11.2 Å². The summed E-state index contributed by atoms with van der Waals surface area (Å²) in [5.41, 5.74) is 9.42. The molecule has 0 bridgehead atoms. The molecule has 0 amide bonds. The van der Waals surface area contributed by atoms with Crippen LogP contribution in [-0.4, -0.2) is 15.0 Å². The SMILES string of the molecule is c1ccc2cc(-c3cc(-c4ccc5ccccc5c4)nc(-c4ccc(-c5nc6ccccc6c6c5ccc5c7ccccc7oc56)cc4)n3)ccc2c1. The molecule has 0 fully saturated rings. The van der Waals surface area contributed by atoms with E-state index < -0.39 is 0 Å². The summed E-state index contributed by atoms with van der Waals surface area (Å²) in [6.07, 6.45) is 0. The summed E-state index contributed by atoms with van der Waals surface area (Å²) in [7, 11) is 0. The van der Waals surface area contributed by atoms with E-state index in [1.54, 1.807) is 0 Å². The highest BCUT2D eigenvalue weighted by Crippen LogP contribution is 2.41. The maximum Gasteiger partial charge on any atom is 0.160 e. The highest BCUT2D eigenvalue weighted by molar-refractivity contribution is 6.24. The lowest BCUT2D eigenvalue weighted by Crippen LogP contribution is -1.96. The number of nitrogens with zero attached hydrogens (tertiary/aromatic N) is 3. The largest absolute Gasteiger partial charge is 0.455 e. The molecular formula is C49H29N3O. The molecule has 0 aliphatic carbocycles. The Hall–Kier alpha value is -7.17. The molecule has 3 aromatic heterocycles. The zero-order valence-corrected chi connectivity index (χ0v) is 28.5. The highest BCUT2D eigenvalue weighted by Gasteiger charge is 2.18. The fraction of sp³-hybridized carbons (Fsp3) is 0. The number of benzene rings is 8. The van der Waals surface area contributed by atoms with Gasteiger partial charge in [-0.2, -0.15) is 0 Å². The highest BCUT2D eigenvalue weighted by atomic mass is 16.3. The number of hydrogen-bond donors (Lipinski definition) is 0. The van der Waals surface area contributed by atoms with Crippen LogP contribution >= 0.6 is 0 Å². The van der Waals surface area contributed by atoms with E-state index in [0.29, 0.717) is 5.82 Å². The van der Waals surface area contributed by atoms with Crippen molar-refractivity contribution in [2.24, 2.45) is 0 Å². The molecule has 3 heterocycles. The second-order valence-corrected chi connectivity index (χ2v) is 13.6. The molecular weight excluding hydrogens is 647 g/mol. The van der Waals surface area contributed by atoms with Gasteiger partial charge in [-0.3, -0.25) is 0 Å². The predicted molar refractivity (Wildman–Crippen MR) is 219 cm³/mol. The molecule has 0 aliphatic rings. The third-order valence-corrected chi connectivity index (χ3v) is 10.4. The average molecular weight is 676 g/mol. The van der Waals surface area contributed by atoms with Gasteiger partial charge in [0, 0.05) is 49.2 Å². The number of para-hydroxylation sites is 2. The summed E-state index contributed by atoms with van der Waals surface area (Å²) in [6.45, 7) is 0. The van der Waals surface area contributed by atoms with Gasteiger partial charge in [-0.05, 0) is 57.9 Å². The first-order valence-corrected chi connectivity index (χ1v) is 17.8. The van der Waals surface area contributed by atoms with Crippen LogP contribution in [0.3, 0.4) is 0 Å². The van der Waals surface area contributed by atoms with Gasteiger partial charge in [0.2, 0.25) is 0 Å². The molecule has 4 nitrogen and oxygen atoms in total. The Bertz CT molecular complexity index is 3140.